The Morgan fingerprint density at radius 2 is 1.03 bits per heavy atom. The molecule has 0 aliphatic carbocycles. The van der Waals surface area contributed by atoms with Gasteiger partial charge in [-0.3, -0.25) is 13.8 Å². The molecule has 0 radical (unpaired) electrons. The number of carbonyl (C=O) groups is 1. The Kier molecular flexibility index (Phi) is 43.9. The molecular weight excluding hydrogens is 511 g/mol. The smallest absolute Gasteiger partial charge is 0.400 e. The molecule has 0 aromatic heterocycles. The number of aliphatic hydroxyl groups excluding tert-OH is 1. The number of carbonyl (C=O) groups excluding carboxylic acids is 1. The predicted octanol–water partition coefficient (Wildman–Crippen LogP) is 8.64. The van der Waals surface area contributed by atoms with Crippen molar-refractivity contribution in [3.05, 3.63) is 0 Å². The Balaban J connectivity index is -0.000000595. The van der Waals surface area contributed by atoms with Gasteiger partial charge >= 0.3 is 7.82 Å². The van der Waals surface area contributed by atoms with Gasteiger partial charge in [-0.15, -0.1) is 12.8 Å². The van der Waals surface area contributed by atoms with Gasteiger partial charge in [0.05, 0.1) is 6.61 Å². The minimum Gasteiger partial charge on any atom is -0.400 e. The molecule has 0 rings (SSSR count). The van der Waals surface area contributed by atoms with Gasteiger partial charge in [-0.1, -0.05) is 111 Å². The maximum atomic E-state index is 11.9. The molecule has 0 aromatic carbocycles. The molecule has 2 N–H and O–H groups in total. The van der Waals surface area contributed by atoms with Crippen LogP contribution in [0, 0.1) is 36.5 Å². The Morgan fingerprint density at radius 1 is 0.692 bits per heavy atom. The van der Waals surface area contributed by atoms with Crippen LogP contribution in [0.2, 0.25) is 0 Å². The molecule has 39 heavy (non-hydrogen) atoms. The average molecular weight is 571 g/mol. The molecular formula is C32H59O6P. The lowest BCUT2D eigenvalue weighted by Gasteiger charge is -2.08. The van der Waals surface area contributed by atoms with E-state index in [1.54, 1.807) is 0 Å². The van der Waals surface area contributed by atoms with Crippen molar-refractivity contribution in [1.29, 1.82) is 0 Å². The maximum Gasteiger partial charge on any atom is 0.471 e. The van der Waals surface area contributed by atoms with Crippen LogP contribution in [-0.4, -0.2) is 36.6 Å². The Bertz CT molecular complexity index is 678. The molecule has 1 unspecified atom stereocenters. The zero-order chi connectivity index (χ0) is 29.2. The first-order valence-corrected chi connectivity index (χ1v) is 15.8. The van der Waals surface area contributed by atoms with E-state index in [0.29, 0.717) is 12.2 Å². The fourth-order valence-electron chi connectivity index (χ4n) is 3.72. The van der Waals surface area contributed by atoms with E-state index in [1.165, 1.54) is 77.0 Å². The van der Waals surface area contributed by atoms with E-state index >= 15 is 0 Å². The lowest BCUT2D eigenvalue weighted by atomic mass is 10.0. The number of hydrogen-bond acceptors (Lipinski definition) is 5. The number of Topliss-reactive ketones (excluding diaryl/α,β-unsaturated/α-hetero) is 1. The van der Waals surface area contributed by atoms with Gasteiger partial charge in [-0.05, 0) is 42.9 Å². The fourth-order valence-corrected chi connectivity index (χ4v) is 4.19. The van der Waals surface area contributed by atoms with Gasteiger partial charge in [-0.25, -0.2) is 4.57 Å². The van der Waals surface area contributed by atoms with Crippen molar-refractivity contribution >= 4 is 13.6 Å². The van der Waals surface area contributed by atoms with Crippen LogP contribution in [0.4, 0.5) is 0 Å². The van der Waals surface area contributed by atoms with Crippen LogP contribution in [0.1, 0.15) is 143 Å². The standard InChI is InChI=1S/C24H49O5P.C6H2.CH4O.CH4/c1-3-4-5-6-7-8-9-10-11-12-13-15-18-21-24(25)22-19-16-14-17-20-23-29-30(26,27)28-2;1-3-5-6-4-2;1-2;/h3-23H2,1-2H3,(H,26,27);1-2H;2H,1H3;1H4. The van der Waals surface area contributed by atoms with Crippen molar-refractivity contribution in [1.82, 2.24) is 0 Å². The topological polar surface area (TPSA) is 93.1 Å². The van der Waals surface area contributed by atoms with Crippen LogP contribution in [0.25, 0.3) is 0 Å². The third kappa shape index (κ3) is 43.7. The van der Waals surface area contributed by atoms with Crippen molar-refractivity contribution in [2.45, 2.75) is 143 Å². The first-order valence-electron chi connectivity index (χ1n) is 14.3. The molecule has 0 amide bonds. The Morgan fingerprint density at radius 3 is 1.36 bits per heavy atom. The van der Waals surface area contributed by atoms with E-state index in [0.717, 1.165) is 59.2 Å². The van der Waals surface area contributed by atoms with Gasteiger partial charge in [0.15, 0.2) is 0 Å². The highest BCUT2D eigenvalue weighted by Crippen LogP contribution is 2.41. The van der Waals surface area contributed by atoms with Crippen molar-refractivity contribution in [3.8, 4) is 36.5 Å². The van der Waals surface area contributed by atoms with Gasteiger partial charge in [0.1, 0.15) is 5.78 Å². The molecule has 0 heterocycles. The molecule has 0 fully saturated rings. The summed E-state index contributed by atoms with van der Waals surface area (Å²) < 4.78 is 20.2. The van der Waals surface area contributed by atoms with Crippen molar-refractivity contribution in [3.63, 3.8) is 0 Å². The highest BCUT2D eigenvalue weighted by molar-refractivity contribution is 7.47. The zero-order valence-electron chi connectivity index (χ0n) is 24.5. The van der Waals surface area contributed by atoms with Crippen LogP contribution in [0.5, 0.6) is 0 Å². The molecule has 6 nitrogen and oxygen atoms in total. The highest BCUT2D eigenvalue weighted by atomic mass is 31.2. The second-order valence-electron chi connectivity index (χ2n) is 9.07. The summed E-state index contributed by atoms with van der Waals surface area (Å²) in [5.74, 6) is 9.01. The minimum absolute atomic E-state index is 0. The average Bonchev–Trinajstić information content (AvgIpc) is 2.93. The summed E-state index contributed by atoms with van der Waals surface area (Å²) in [5.41, 5.74) is 0. The first kappa shape index (κ1) is 44.4. The summed E-state index contributed by atoms with van der Waals surface area (Å²) in [6, 6.07) is 0. The quantitative estimate of drug-likeness (QED) is 0.0685. The largest absolute Gasteiger partial charge is 0.471 e. The molecule has 1 atom stereocenters. The van der Waals surface area contributed by atoms with Gasteiger partial charge in [-0.2, -0.15) is 0 Å². The summed E-state index contributed by atoms with van der Waals surface area (Å²) in [7, 11) is -1.66. The van der Waals surface area contributed by atoms with Crippen molar-refractivity contribution in [2.24, 2.45) is 0 Å². The zero-order valence-corrected chi connectivity index (χ0v) is 25.4. The molecule has 7 heteroatoms. The fraction of sp³-hybridized carbons (Fsp3) is 0.781. The van der Waals surface area contributed by atoms with Crippen LogP contribution < -0.4 is 0 Å². The van der Waals surface area contributed by atoms with E-state index in [2.05, 4.69) is 35.1 Å². The Labute approximate surface area is 242 Å². The lowest BCUT2D eigenvalue weighted by molar-refractivity contribution is -0.119. The minimum atomic E-state index is -3.82. The molecule has 0 saturated heterocycles. The van der Waals surface area contributed by atoms with Crippen LogP contribution in [-0.2, 0) is 18.4 Å². The predicted molar refractivity (Wildman–Crippen MR) is 166 cm³/mol. The van der Waals surface area contributed by atoms with Crippen molar-refractivity contribution < 1.29 is 28.4 Å². The summed E-state index contributed by atoms with van der Waals surface area (Å²) in [4.78, 5) is 21.0. The maximum absolute atomic E-state index is 11.9. The molecule has 0 aliphatic rings. The second kappa shape index (κ2) is 38.6. The van der Waals surface area contributed by atoms with Crippen LogP contribution >= 0.6 is 7.82 Å². The van der Waals surface area contributed by atoms with Gasteiger partial charge in [0.25, 0.3) is 0 Å². The Hall–Kier alpha value is -1.58. The molecule has 0 spiro atoms. The van der Waals surface area contributed by atoms with Crippen LogP contribution in [0.15, 0.2) is 0 Å². The molecule has 0 saturated carbocycles. The van der Waals surface area contributed by atoms with Crippen molar-refractivity contribution in [2.75, 3.05) is 20.8 Å². The summed E-state index contributed by atoms with van der Waals surface area (Å²) in [6.45, 7) is 2.50. The van der Waals surface area contributed by atoms with Gasteiger partial charge in [0, 0.05) is 27.1 Å². The molecule has 0 bridgehead atoms. The SMILES string of the molecule is C.C#CC#CC#C.CCCCCCCCCCCCCCCC(=O)CCCCCCCOP(=O)(O)OC.CO. The van der Waals surface area contributed by atoms with Crippen LogP contribution in [0.3, 0.4) is 0 Å². The third-order valence-corrected chi connectivity index (χ3v) is 6.82. The third-order valence-electron chi connectivity index (χ3n) is 5.85. The summed E-state index contributed by atoms with van der Waals surface area (Å²) >= 11 is 0. The number of rotatable bonds is 24. The number of ketones is 1. The van der Waals surface area contributed by atoms with E-state index in [4.69, 9.17) is 27.4 Å². The van der Waals surface area contributed by atoms with E-state index in [-0.39, 0.29) is 14.0 Å². The second-order valence-corrected chi connectivity index (χ2v) is 10.6. The molecule has 228 valence electrons. The van der Waals surface area contributed by atoms with E-state index in [1.807, 2.05) is 0 Å². The number of phosphoric ester groups is 1. The monoisotopic (exact) mass is 570 g/mol. The highest BCUT2D eigenvalue weighted by Gasteiger charge is 2.17. The number of phosphoric acid groups is 1. The number of aliphatic hydroxyl groups is 1. The van der Waals surface area contributed by atoms with E-state index < -0.39 is 7.82 Å². The number of hydrogen-bond donors (Lipinski definition) is 2. The summed E-state index contributed by atoms with van der Waals surface area (Å²) in [6.07, 6.45) is 32.9. The first-order chi connectivity index (χ1) is 18.4. The normalized spacial score (nSPS) is 10.9. The van der Waals surface area contributed by atoms with Gasteiger partial charge < -0.3 is 10.00 Å². The number of terminal acetylenes is 2. The molecule has 0 aliphatic heterocycles. The summed E-state index contributed by atoms with van der Waals surface area (Å²) in [5, 5.41) is 7.00. The van der Waals surface area contributed by atoms with Gasteiger partial charge in [0.2, 0.25) is 0 Å². The number of unbranched alkanes of at least 4 members (excludes halogenated alkanes) is 16. The molecule has 0 aromatic rings. The van der Waals surface area contributed by atoms with E-state index in [9.17, 15) is 9.36 Å². The lowest BCUT2D eigenvalue weighted by Crippen LogP contribution is -1.98.